The van der Waals surface area contributed by atoms with Crippen LogP contribution in [0.2, 0.25) is 0 Å². The topological polar surface area (TPSA) is 88.0 Å². The Labute approximate surface area is 144 Å². The van der Waals surface area contributed by atoms with Gasteiger partial charge in [0.25, 0.3) is 0 Å². The first kappa shape index (κ1) is 18.2. The van der Waals surface area contributed by atoms with E-state index in [1.165, 1.54) is 23.1 Å². The van der Waals surface area contributed by atoms with Gasteiger partial charge >= 0.3 is 0 Å². The molecule has 1 aromatic carbocycles. The Kier molecular flexibility index (Phi) is 6.18. The number of piperazine rings is 1. The highest BCUT2D eigenvalue weighted by molar-refractivity contribution is 5.92. The van der Waals surface area contributed by atoms with Crippen LogP contribution >= 0.6 is 12.4 Å². The van der Waals surface area contributed by atoms with Crippen molar-refractivity contribution in [3.05, 3.63) is 30.3 Å². The maximum absolute atomic E-state index is 13.9. The lowest BCUT2D eigenvalue weighted by Crippen LogP contribution is -2.52. The summed E-state index contributed by atoms with van der Waals surface area (Å²) in [4.78, 5) is 14.3. The summed E-state index contributed by atoms with van der Waals surface area (Å²) in [5.41, 5.74) is 0.688. The molecule has 1 aromatic heterocycles. The highest BCUT2D eigenvalue weighted by Crippen LogP contribution is 2.18. The number of nitrogens with zero attached hydrogens (tertiary/aromatic N) is 5. The largest absolute Gasteiger partial charge is 0.322 e. The minimum atomic E-state index is -0.497. The molecule has 10 heteroatoms. The Hall–Kier alpha value is -2.10. The van der Waals surface area contributed by atoms with Crippen molar-refractivity contribution < 1.29 is 9.18 Å². The molecule has 1 aliphatic rings. The average Bonchev–Trinajstić information content (AvgIpc) is 3.06. The van der Waals surface area contributed by atoms with Gasteiger partial charge in [-0.25, -0.2) is 9.07 Å². The number of carbonyl (C=O) groups is 1. The van der Waals surface area contributed by atoms with Gasteiger partial charge in [0.15, 0.2) is 0 Å². The zero-order valence-electron chi connectivity index (χ0n) is 13.1. The molecule has 2 heterocycles. The van der Waals surface area contributed by atoms with E-state index in [0.717, 1.165) is 19.6 Å². The number of halogens is 2. The third kappa shape index (κ3) is 4.25. The van der Waals surface area contributed by atoms with Crippen LogP contribution in [-0.2, 0) is 4.79 Å². The van der Waals surface area contributed by atoms with E-state index in [4.69, 9.17) is 0 Å². The summed E-state index contributed by atoms with van der Waals surface area (Å²) in [5.74, 6) is -0.741. The number of anilines is 1. The van der Waals surface area contributed by atoms with Crippen molar-refractivity contribution in [2.75, 3.05) is 31.5 Å². The van der Waals surface area contributed by atoms with E-state index in [-0.39, 0.29) is 36.6 Å². The van der Waals surface area contributed by atoms with Gasteiger partial charge in [-0.15, -0.1) is 17.5 Å². The number of hydrogen-bond acceptors (Lipinski definition) is 6. The van der Waals surface area contributed by atoms with E-state index in [1.54, 1.807) is 6.07 Å². The van der Waals surface area contributed by atoms with E-state index in [9.17, 15) is 9.18 Å². The number of hydrogen-bond donors (Lipinski definition) is 2. The van der Waals surface area contributed by atoms with Gasteiger partial charge in [-0.05, 0) is 35.5 Å². The molecule has 0 spiro atoms. The van der Waals surface area contributed by atoms with Crippen molar-refractivity contribution >= 4 is 24.0 Å². The lowest BCUT2D eigenvalue weighted by Gasteiger charge is -2.33. The maximum atomic E-state index is 13.9. The summed E-state index contributed by atoms with van der Waals surface area (Å²) in [5, 5.41) is 16.7. The molecule has 130 valence electrons. The van der Waals surface area contributed by atoms with E-state index in [1.807, 2.05) is 0 Å². The molecule has 0 radical (unpaired) electrons. The second kappa shape index (κ2) is 8.13. The van der Waals surface area contributed by atoms with Crippen LogP contribution in [-0.4, -0.2) is 63.2 Å². The number of carbonyl (C=O) groups excluding carboxylic acids is 1. The van der Waals surface area contributed by atoms with Gasteiger partial charge in [0.1, 0.15) is 12.1 Å². The first-order valence-electron chi connectivity index (χ1n) is 7.41. The van der Waals surface area contributed by atoms with E-state index in [0.29, 0.717) is 5.69 Å². The molecule has 1 fully saturated rings. The van der Waals surface area contributed by atoms with Crippen LogP contribution in [0.3, 0.4) is 0 Å². The molecule has 24 heavy (non-hydrogen) atoms. The molecule has 3 rings (SSSR count). The SMILES string of the molecule is C[C@@H]1CNCCN1CC(=O)Nc1cc(-n2cnnn2)ccc1F.Cl. The van der Waals surface area contributed by atoms with Gasteiger partial charge in [-0.1, -0.05) is 0 Å². The number of amides is 1. The normalized spacial score (nSPS) is 18.0. The lowest BCUT2D eigenvalue weighted by atomic mass is 10.2. The molecule has 2 N–H and O–H groups in total. The number of aromatic nitrogens is 4. The fourth-order valence-corrected chi connectivity index (χ4v) is 2.52. The van der Waals surface area contributed by atoms with E-state index >= 15 is 0 Å². The Morgan fingerprint density at radius 3 is 3.04 bits per heavy atom. The fourth-order valence-electron chi connectivity index (χ4n) is 2.52. The molecule has 2 aromatic rings. The monoisotopic (exact) mass is 355 g/mol. The second-order valence-electron chi connectivity index (χ2n) is 5.49. The van der Waals surface area contributed by atoms with Crippen LogP contribution in [0.25, 0.3) is 5.69 Å². The summed E-state index contributed by atoms with van der Waals surface area (Å²) in [6, 6.07) is 4.59. The Bertz CT molecular complexity index is 682. The Balaban J connectivity index is 0.00000208. The lowest BCUT2D eigenvalue weighted by molar-refractivity contribution is -0.118. The molecule has 8 nitrogen and oxygen atoms in total. The number of rotatable bonds is 4. The first-order chi connectivity index (χ1) is 11.1. The molecular weight excluding hydrogens is 337 g/mol. The zero-order valence-corrected chi connectivity index (χ0v) is 14.0. The molecule has 1 saturated heterocycles. The van der Waals surface area contributed by atoms with Gasteiger partial charge in [0.2, 0.25) is 5.91 Å². The van der Waals surface area contributed by atoms with Crippen LogP contribution in [0.1, 0.15) is 6.92 Å². The predicted octanol–water partition coefficient (Wildman–Crippen LogP) is 0.455. The standard InChI is InChI=1S/C14H18FN7O.ClH/c1-10-7-16-4-5-21(10)8-14(23)18-13-6-11(2-3-12(13)15)22-9-17-19-20-22;/h2-3,6,9-10,16H,4-5,7-8H2,1H3,(H,18,23);1H/t10-;/m1./s1. The summed E-state index contributed by atoms with van der Waals surface area (Å²) in [6.07, 6.45) is 1.40. The molecule has 1 aliphatic heterocycles. The van der Waals surface area contributed by atoms with E-state index in [2.05, 4.69) is 38.0 Å². The van der Waals surface area contributed by atoms with E-state index < -0.39 is 5.82 Å². The smallest absolute Gasteiger partial charge is 0.238 e. The third-order valence-electron chi connectivity index (χ3n) is 3.82. The Morgan fingerprint density at radius 2 is 2.33 bits per heavy atom. The number of nitrogens with one attached hydrogen (secondary N) is 2. The Morgan fingerprint density at radius 1 is 1.50 bits per heavy atom. The van der Waals surface area contributed by atoms with Crippen LogP contribution in [0.4, 0.5) is 10.1 Å². The van der Waals surface area contributed by atoms with Crippen molar-refractivity contribution in [1.29, 1.82) is 0 Å². The van der Waals surface area contributed by atoms with Crippen molar-refractivity contribution in [2.24, 2.45) is 0 Å². The highest BCUT2D eigenvalue weighted by Gasteiger charge is 2.20. The summed E-state index contributed by atoms with van der Waals surface area (Å²) >= 11 is 0. The number of benzene rings is 1. The molecular formula is C14H19ClFN7O. The molecule has 0 aliphatic carbocycles. The van der Waals surface area contributed by atoms with Crippen molar-refractivity contribution in [3.8, 4) is 5.69 Å². The molecule has 1 amide bonds. The number of tetrazole rings is 1. The summed E-state index contributed by atoms with van der Waals surface area (Å²) < 4.78 is 15.3. The molecule has 0 bridgehead atoms. The van der Waals surface area contributed by atoms with Gasteiger partial charge < -0.3 is 10.6 Å². The second-order valence-corrected chi connectivity index (χ2v) is 5.49. The zero-order chi connectivity index (χ0) is 16.2. The minimum absolute atomic E-state index is 0. The molecule has 0 unspecified atom stereocenters. The van der Waals surface area contributed by atoms with Crippen LogP contribution in [0, 0.1) is 5.82 Å². The first-order valence-corrected chi connectivity index (χ1v) is 7.41. The summed E-state index contributed by atoms with van der Waals surface area (Å²) in [7, 11) is 0. The third-order valence-corrected chi connectivity index (χ3v) is 3.82. The average molecular weight is 356 g/mol. The minimum Gasteiger partial charge on any atom is -0.322 e. The van der Waals surface area contributed by atoms with Crippen LogP contribution in [0.5, 0.6) is 0 Å². The molecule has 0 saturated carbocycles. The van der Waals surface area contributed by atoms with Crippen molar-refractivity contribution in [1.82, 2.24) is 30.4 Å². The van der Waals surface area contributed by atoms with Crippen molar-refractivity contribution in [3.63, 3.8) is 0 Å². The van der Waals surface area contributed by atoms with Crippen LogP contribution < -0.4 is 10.6 Å². The van der Waals surface area contributed by atoms with Gasteiger partial charge in [-0.3, -0.25) is 9.69 Å². The van der Waals surface area contributed by atoms with Crippen molar-refractivity contribution in [2.45, 2.75) is 13.0 Å². The van der Waals surface area contributed by atoms with Gasteiger partial charge in [-0.2, -0.15) is 0 Å². The highest BCUT2D eigenvalue weighted by atomic mass is 35.5. The quantitative estimate of drug-likeness (QED) is 0.828. The maximum Gasteiger partial charge on any atom is 0.238 e. The fraction of sp³-hybridized carbons (Fsp3) is 0.429. The predicted molar refractivity (Wildman–Crippen MR) is 88.9 cm³/mol. The van der Waals surface area contributed by atoms with Gasteiger partial charge in [0, 0.05) is 25.7 Å². The van der Waals surface area contributed by atoms with Gasteiger partial charge in [0.05, 0.1) is 17.9 Å². The summed E-state index contributed by atoms with van der Waals surface area (Å²) in [6.45, 7) is 4.77. The van der Waals surface area contributed by atoms with Crippen LogP contribution in [0.15, 0.2) is 24.5 Å². The molecule has 1 atom stereocenters.